The number of alkyl halides is 3. The van der Waals surface area contributed by atoms with E-state index in [0.29, 0.717) is 0 Å². The highest BCUT2D eigenvalue weighted by molar-refractivity contribution is 5.92. The number of aryl methyl sites for hydroxylation is 1. The molecule has 1 aromatic rings. The third-order valence-corrected chi connectivity index (χ3v) is 2.78. The lowest BCUT2D eigenvalue weighted by molar-refractivity contribution is -0.145. The zero-order valence-electron chi connectivity index (χ0n) is 12.3. The molecule has 0 aliphatic heterocycles. The van der Waals surface area contributed by atoms with Gasteiger partial charge in [-0.15, -0.1) is 0 Å². The number of hydrogen-bond donors (Lipinski definition) is 1. The Morgan fingerprint density at radius 2 is 1.91 bits per heavy atom. The maximum Gasteiger partial charge on any atom is 0.451 e. The Labute approximate surface area is 125 Å². The fourth-order valence-electron chi connectivity index (χ4n) is 1.76. The molecule has 1 heterocycles. The van der Waals surface area contributed by atoms with Crippen molar-refractivity contribution in [3.63, 3.8) is 0 Å². The molecule has 0 bridgehead atoms. The van der Waals surface area contributed by atoms with Crippen LogP contribution in [0.2, 0.25) is 0 Å². The molecule has 1 rings (SSSR count). The molecule has 0 aliphatic rings. The summed E-state index contributed by atoms with van der Waals surface area (Å²) in [6, 6.07) is 0.768. The second-order valence-electron chi connectivity index (χ2n) is 4.95. The minimum absolute atomic E-state index is 0.00705. The predicted molar refractivity (Wildman–Crippen MR) is 70.2 cm³/mol. The number of aliphatic carboxylic acids is 1. The number of rotatable bonds is 5. The van der Waals surface area contributed by atoms with Gasteiger partial charge in [0.1, 0.15) is 5.69 Å². The first-order chi connectivity index (χ1) is 10.0. The normalized spacial score (nSPS) is 11.6. The molecule has 0 aliphatic carbocycles. The number of nitrogens with zero attached hydrogens (tertiary/aromatic N) is 3. The van der Waals surface area contributed by atoms with Crippen molar-refractivity contribution in [2.45, 2.75) is 39.4 Å². The largest absolute Gasteiger partial charge is 0.481 e. The van der Waals surface area contributed by atoms with Crippen molar-refractivity contribution in [3.05, 3.63) is 23.3 Å². The minimum Gasteiger partial charge on any atom is -0.481 e. The number of carbonyl (C=O) groups is 2. The second kappa shape index (κ2) is 6.71. The molecule has 0 fully saturated rings. The molecule has 0 radical (unpaired) electrons. The number of carboxylic acids is 1. The molecule has 0 unspecified atom stereocenters. The van der Waals surface area contributed by atoms with Gasteiger partial charge in [0.25, 0.3) is 5.91 Å². The molecular weight excluding hydrogens is 303 g/mol. The molecule has 0 saturated heterocycles. The molecule has 0 atom stereocenters. The first-order valence-corrected chi connectivity index (χ1v) is 6.48. The van der Waals surface area contributed by atoms with E-state index in [4.69, 9.17) is 5.11 Å². The molecular formula is C13H16F3N3O3. The standard InChI is InChI=1S/C13H16F3N3O3/c1-7(2)19(5-4-10(20)21)11(22)9-6-8(3)17-12(18-9)13(14,15)16/h6-7H,4-5H2,1-3H3,(H,20,21). The van der Waals surface area contributed by atoms with E-state index in [9.17, 15) is 22.8 Å². The molecule has 122 valence electrons. The van der Waals surface area contributed by atoms with Gasteiger partial charge >= 0.3 is 12.1 Å². The molecule has 0 saturated carbocycles. The van der Waals surface area contributed by atoms with Crippen molar-refractivity contribution >= 4 is 11.9 Å². The topological polar surface area (TPSA) is 83.4 Å². The fourth-order valence-corrected chi connectivity index (χ4v) is 1.76. The molecule has 1 amide bonds. The smallest absolute Gasteiger partial charge is 0.451 e. The van der Waals surface area contributed by atoms with E-state index in [1.165, 1.54) is 6.92 Å². The highest BCUT2D eigenvalue weighted by atomic mass is 19.4. The van der Waals surface area contributed by atoms with Gasteiger partial charge in [0, 0.05) is 18.3 Å². The van der Waals surface area contributed by atoms with Crippen molar-refractivity contribution in [1.82, 2.24) is 14.9 Å². The number of halogens is 3. The van der Waals surface area contributed by atoms with Gasteiger partial charge in [-0.3, -0.25) is 9.59 Å². The van der Waals surface area contributed by atoms with Gasteiger partial charge in [-0.2, -0.15) is 13.2 Å². The Morgan fingerprint density at radius 1 is 1.32 bits per heavy atom. The highest BCUT2D eigenvalue weighted by Gasteiger charge is 2.36. The van der Waals surface area contributed by atoms with Crippen molar-refractivity contribution in [1.29, 1.82) is 0 Å². The summed E-state index contributed by atoms with van der Waals surface area (Å²) in [6.07, 6.45) is -5.06. The average Bonchev–Trinajstić information content (AvgIpc) is 2.36. The Bertz CT molecular complexity index is 573. The average molecular weight is 319 g/mol. The van der Waals surface area contributed by atoms with Gasteiger partial charge in [-0.1, -0.05) is 0 Å². The van der Waals surface area contributed by atoms with Crippen LogP contribution in [0.25, 0.3) is 0 Å². The lowest BCUT2D eigenvalue weighted by atomic mass is 10.2. The van der Waals surface area contributed by atoms with E-state index in [2.05, 4.69) is 9.97 Å². The van der Waals surface area contributed by atoms with Gasteiger partial charge in [-0.05, 0) is 26.8 Å². The lowest BCUT2D eigenvalue weighted by Gasteiger charge is -2.26. The molecule has 1 aromatic heterocycles. The zero-order chi connectivity index (χ0) is 17.1. The van der Waals surface area contributed by atoms with Crippen molar-refractivity contribution in [2.75, 3.05) is 6.54 Å². The Morgan fingerprint density at radius 3 is 2.36 bits per heavy atom. The predicted octanol–water partition coefficient (Wildman–Crippen LogP) is 2.13. The fraction of sp³-hybridized carbons (Fsp3) is 0.538. The highest BCUT2D eigenvalue weighted by Crippen LogP contribution is 2.26. The van der Waals surface area contributed by atoms with E-state index in [-0.39, 0.29) is 24.7 Å². The molecule has 0 aromatic carbocycles. The van der Waals surface area contributed by atoms with Crippen LogP contribution in [0, 0.1) is 6.92 Å². The van der Waals surface area contributed by atoms with Crippen molar-refractivity contribution in [3.8, 4) is 0 Å². The van der Waals surface area contributed by atoms with E-state index < -0.39 is 29.6 Å². The summed E-state index contributed by atoms with van der Waals surface area (Å²) in [5.74, 6) is -3.25. The summed E-state index contributed by atoms with van der Waals surface area (Å²) in [6.45, 7) is 4.48. The number of carbonyl (C=O) groups excluding carboxylic acids is 1. The van der Waals surface area contributed by atoms with Crippen LogP contribution in [-0.4, -0.2) is 44.4 Å². The Hall–Kier alpha value is -2.19. The maximum atomic E-state index is 12.7. The SMILES string of the molecule is Cc1cc(C(=O)N(CCC(=O)O)C(C)C)nc(C(F)(F)F)n1. The molecule has 6 nitrogen and oxygen atoms in total. The maximum absolute atomic E-state index is 12.7. The van der Waals surface area contributed by atoms with Gasteiger partial charge < -0.3 is 10.0 Å². The van der Waals surface area contributed by atoms with E-state index in [1.807, 2.05) is 0 Å². The molecule has 1 N–H and O–H groups in total. The van der Waals surface area contributed by atoms with Crippen LogP contribution in [0.1, 0.15) is 42.3 Å². The first-order valence-electron chi connectivity index (χ1n) is 6.48. The summed E-state index contributed by atoms with van der Waals surface area (Å²) in [4.78, 5) is 30.6. The van der Waals surface area contributed by atoms with Crippen LogP contribution in [0.5, 0.6) is 0 Å². The van der Waals surface area contributed by atoms with Crippen LogP contribution in [0.3, 0.4) is 0 Å². The minimum atomic E-state index is -4.76. The zero-order valence-corrected chi connectivity index (χ0v) is 12.3. The monoisotopic (exact) mass is 319 g/mol. The van der Waals surface area contributed by atoms with Gasteiger partial charge in [0.2, 0.25) is 5.82 Å². The van der Waals surface area contributed by atoms with E-state index >= 15 is 0 Å². The van der Waals surface area contributed by atoms with Crippen LogP contribution in [0.15, 0.2) is 6.07 Å². The van der Waals surface area contributed by atoms with Gasteiger partial charge in [0.15, 0.2) is 0 Å². The second-order valence-corrected chi connectivity index (χ2v) is 4.95. The third-order valence-electron chi connectivity index (χ3n) is 2.78. The van der Waals surface area contributed by atoms with E-state index in [0.717, 1.165) is 11.0 Å². The number of amides is 1. The molecule has 22 heavy (non-hydrogen) atoms. The lowest BCUT2D eigenvalue weighted by Crippen LogP contribution is -2.39. The van der Waals surface area contributed by atoms with Crippen LogP contribution < -0.4 is 0 Å². The van der Waals surface area contributed by atoms with Crippen LogP contribution >= 0.6 is 0 Å². The van der Waals surface area contributed by atoms with Gasteiger partial charge in [-0.25, -0.2) is 9.97 Å². The summed E-state index contributed by atoms with van der Waals surface area (Å²) in [5, 5.41) is 8.68. The number of hydrogen-bond acceptors (Lipinski definition) is 4. The van der Waals surface area contributed by atoms with Crippen LogP contribution in [0.4, 0.5) is 13.2 Å². The molecule has 9 heteroatoms. The summed E-state index contributed by atoms with van der Waals surface area (Å²) < 4.78 is 38.1. The summed E-state index contributed by atoms with van der Waals surface area (Å²) in [7, 11) is 0. The third kappa shape index (κ3) is 4.68. The Kier molecular flexibility index (Phi) is 5.45. The van der Waals surface area contributed by atoms with Crippen molar-refractivity contribution < 1.29 is 27.9 Å². The van der Waals surface area contributed by atoms with Crippen LogP contribution in [-0.2, 0) is 11.0 Å². The summed E-state index contributed by atoms with van der Waals surface area (Å²) >= 11 is 0. The first kappa shape index (κ1) is 17.9. The quantitative estimate of drug-likeness (QED) is 0.899. The van der Waals surface area contributed by atoms with Gasteiger partial charge in [0.05, 0.1) is 6.42 Å². The molecule has 0 spiro atoms. The summed E-state index contributed by atoms with van der Waals surface area (Å²) in [5.41, 5.74) is -0.397. The number of aromatic nitrogens is 2. The Balaban J connectivity index is 3.13. The number of carboxylic acid groups (broad SMARTS) is 1. The van der Waals surface area contributed by atoms with E-state index in [1.54, 1.807) is 13.8 Å². The van der Waals surface area contributed by atoms with Crippen molar-refractivity contribution in [2.24, 2.45) is 0 Å².